The van der Waals surface area contributed by atoms with Crippen LogP contribution in [0.3, 0.4) is 0 Å². The van der Waals surface area contributed by atoms with E-state index in [2.05, 4.69) is 0 Å². The molecule has 0 spiro atoms. The summed E-state index contributed by atoms with van der Waals surface area (Å²) in [7, 11) is -2.11. The third-order valence-corrected chi connectivity index (χ3v) is 5.65. The van der Waals surface area contributed by atoms with Crippen LogP contribution in [-0.4, -0.2) is 21.2 Å². The zero-order valence-electron chi connectivity index (χ0n) is 14.7. The Bertz CT molecular complexity index is 830. The minimum absolute atomic E-state index is 0.0260. The number of aryl methyl sites for hydroxylation is 1. The van der Waals surface area contributed by atoms with Crippen LogP contribution in [0, 0.1) is 12.3 Å². The molecule has 0 bridgehead atoms. The average Bonchev–Trinajstić information content (AvgIpc) is 2.53. The van der Waals surface area contributed by atoms with Crippen molar-refractivity contribution in [2.24, 2.45) is 5.41 Å². The maximum absolute atomic E-state index is 12.7. The van der Waals surface area contributed by atoms with Gasteiger partial charge in [-0.1, -0.05) is 38.5 Å². The van der Waals surface area contributed by atoms with Crippen LogP contribution in [0.15, 0.2) is 53.4 Å². The first-order valence-electron chi connectivity index (χ1n) is 7.74. The standard InChI is InChI=1S/C19H23NO3S/c1-14-6-12-17(13-7-14)24(22,23)20(5)16-10-8-15(9-11-16)18(21)19(2,3)4/h6-13H,1-5H3. The highest BCUT2D eigenvalue weighted by Gasteiger charge is 2.24. The Balaban J connectivity index is 2.31. The quantitative estimate of drug-likeness (QED) is 0.786. The molecule has 0 unspecified atom stereocenters. The second-order valence-corrected chi connectivity index (χ2v) is 8.88. The lowest BCUT2D eigenvalue weighted by atomic mass is 9.86. The van der Waals surface area contributed by atoms with Gasteiger partial charge >= 0.3 is 0 Å². The predicted octanol–water partition coefficient (Wildman–Crippen LogP) is 4.05. The fourth-order valence-corrected chi connectivity index (χ4v) is 3.46. The van der Waals surface area contributed by atoms with E-state index in [9.17, 15) is 13.2 Å². The molecule has 0 saturated heterocycles. The predicted molar refractivity (Wildman–Crippen MR) is 97.0 cm³/mol. The van der Waals surface area contributed by atoms with Gasteiger partial charge in [0.2, 0.25) is 0 Å². The molecule has 0 N–H and O–H groups in total. The van der Waals surface area contributed by atoms with Crippen LogP contribution in [-0.2, 0) is 10.0 Å². The number of hydrogen-bond donors (Lipinski definition) is 0. The van der Waals surface area contributed by atoms with Gasteiger partial charge < -0.3 is 0 Å². The third-order valence-electron chi connectivity index (χ3n) is 3.85. The van der Waals surface area contributed by atoms with E-state index in [1.807, 2.05) is 27.7 Å². The van der Waals surface area contributed by atoms with Crippen molar-refractivity contribution in [3.8, 4) is 0 Å². The van der Waals surface area contributed by atoms with Crippen molar-refractivity contribution in [3.63, 3.8) is 0 Å². The molecule has 0 aliphatic heterocycles. The van der Waals surface area contributed by atoms with Gasteiger partial charge in [0.05, 0.1) is 10.6 Å². The van der Waals surface area contributed by atoms with Crippen molar-refractivity contribution in [1.82, 2.24) is 0 Å². The minimum atomic E-state index is -3.62. The zero-order chi connectivity index (χ0) is 18.1. The molecule has 24 heavy (non-hydrogen) atoms. The van der Waals surface area contributed by atoms with Crippen LogP contribution in [0.1, 0.15) is 36.7 Å². The molecule has 0 radical (unpaired) electrons. The lowest BCUT2D eigenvalue weighted by Crippen LogP contribution is -2.26. The molecular formula is C19H23NO3S. The molecule has 0 amide bonds. The van der Waals surface area contributed by atoms with Gasteiger partial charge in [0.25, 0.3) is 10.0 Å². The van der Waals surface area contributed by atoms with Gasteiger partial charge in [-0.15, -0.1) is 0 Å². The first-order chi connectivity index (χ1) is 11.0. The number of Topliss-reactive ketones (excluding diaryl/α,β-unsaturated/α-hetero) is 1. The van der Waals surface area contributed by atoms with E-state index in [1.54, 1.807) is 48.5 Å². The van der Waals surface area contributed by atoms with Crippen LogP contribution >= 0.6 is 0 Å². The summed E-state index contributed by atoms with van der Waals surface area (Å²) >= 11 is 0. The summed E-state index contributed by atoms with van der Waals surface area (Å²) in [5.74, 6) is 0.0260. The molecule has 0 saturated carbocycles. The van der Waals surface area contributed by atoms with Crippen molar-refractivity contribution in [2.45, 2.75) is 32.6 Å². The molecule has 128 valence electrons. The zero-order valence-corrected chi connectivity index (χ0v) is 15.5. The van der Waals surface area contributed by atoms with E-state index in [0.29, 0.717) is 11.3 Å². The molecule has 5 heteroatoms. The Kier molecular flexibility index (Phi) is 4.85. The summed E-state index contributed by atoms with van der Waals surface area (Å²) in [6.45, 7) is 7.48. The number of ketones is 1. The van der Waals surface area contributed by atoms with E-state index < -0.39 is 15.4 Å². The Morgan fingerprint density at radius 3 is 1.88 bits per heavy atom. The maximum atomic E-state index is 12.7. The van der Waals surface area contributed by atoms with Crippen molar-refractivity contribution >= 4 is 21.5 Å². The molecule has 2 rings (SSSR count). The summed E-state index contributed by atoms with van der Waals surface area (Å²) in [6.07, 6.45) is 0. The largest absolute Gasteiger partial charge is 0.294 e. The maximum Gasteiger partial charge on any atom is 0.264 e. The number of hydrogen-bond acceptors (Lipinski definition) is 3. The number of carbonyl (C=O) groups excluding carboxylic acids is 1. The summed E-state index contributed by atoms with van der Waals surface area (Å²) in [4.78, 5) is 12.5. The average molecular weight is 345 g/mol. The summed E-state index contributed by atoms with van der Waals surface area (Å²) in [5.41, 5.74) is 1.62. The van der Waals surface area contributed by atoms with Crippen LogP contribution in [0.25, 0.3) is 0 Å². The minimum Gasteiger partial charge on any atom is -0.294 e. The van der Waals surface area contributed by atoms with Crippen LogP contribution in [0.4, 0.5) is 5.69 Å². The van der Waals surface area contributed by atoms with Gasteiger partial charge in [0.15, 0.2) is 5.78 Å². The monoisotopic (exact) mass is 345 g/mol. The molecule has 0 fully saturated rings. The SMILES string of the molecule is Cc1ccc(S(=O)(=O)N(C)c2ccc(C(=O)C(C)(C)C)cc2)cc1. The van der Waals surface area contributed by atoms with Gasteiger partial charge in [-0.25, -0.2) is 8.42 Å². The molecule has 2 aromatic rings. The molecule has 0 heterocycles. The lowest BCUT2D eigenvalue weighted by molar-refractivity contribution is 0.0858. The fraction of sp³-hybridized carbons (Fsp3) is 0.316. The third kappa shape index (κ3) is 3.67. The molecule has 0 aliphatic carbocycles. The van der Waals surface area contributed by atoms with Crippen LogP contribution in [0.5, 0.6) is 0 Å². The first-order valence-corrected chi connectivity index (χ1v) is 9.18. The number of sulfonamides is 1. The first kappa shape index (κ1) is 18.2. The molecular weight excluding hydrogens is 322 g/mol. The Morgan fingerprint density at radius 1 is 0.917 bits per heavy atom. The fourth-order valence-electron chi connectivity index (χ4n) is 2.26. The highest BCUT2D eigenvalue weighted by Crippen LogP contribution is 2.25. The van der Waals surface area contributed by atoms with E-state index in [4.69, 9.17) is 0 Å². The van der Waals surface area contributed by atoms with Crippen molar-refractivity contribution in [1.29, 1.82) is 0 Å². The number of anilines is 1. The van der Waals surface area contributed by atoms with Gasteiger partial charge in [-0.2, -0.15) is 0 Å². The van der Waals surface area contributed by atoms with Gasteiger partial charge in [-0.3, -0.25) is 9.10 Å². The second-order valence-electron chi connectivity index (χ2n) is 6.91. The summed E-state index contributed by atoms with van der Waals surface area (Å²) in [6, 6.07) is 13.4. The van der Waals surface area contributed by atoms with Crippen LogP contribution < -0.4 is 4.31 Å². The molecule has 0 atom stereocenters. The van der Waals surface area contributed by atoms with E-state index in [0.717, 1.165) is 5.56 Å². The molecule has 0 aromatic heterocycles. The number of carbonyl (C=O) groups is 1. The van der Waals surface area contributed by atoms with Crippen molar-refractivity contribution < 1.29 is 13.2 Å². The normalized spacial score (nSPS) is 12.0. The van der Waals surface area contributed by atoms with Gasteiger partial charge in [0.1, 0.15) is 0 Å². The van der Waals surface area contributed by atoms with Crippen LogP contribution in [0.2, 0.25) is 0 Å². The second kappa shape index (κ2) is 6.40. The summed E-state index contributed by atoms with van der Waals surface area (Å²) < 4.78 is 26.6. The Morgan fingerprint density at radius 2 is 1.42 bits per heavy atom. The summed E-state index contributed by atoms with van der Waals surface area (Å²) in [5, 5.41) is 0. The lowest BCUT2D eigenvalue weighted by Gasteiger charge is -2.21. The smallest absolute Gasteiger partial charge is 0.264 e. The number of benzene rings is 2. The van der Waals surface area contributed by atoms with Gasteiger partial charge in [-0.05, 0) is 43.3 Å². The Hall–Kier alpha value is -2.14. The van der Waals surface area contributed by atoms with Crippen molar-refractivity contribution in [3.05, 3.63) is 59.7 Å². The van der Waals surface area contributed by atoms with E-state index >= 15 is 0 Å². The number of rotatable bonds is 4. The number of nitrogens with zero attached hydrogens (tertiary/aromatic N) is 1. The van der Waals surface area contributed by atoms with E-state index in [-0.39, 0.29) is 10.7 Å². The topological polar surface area (TPSA) is 54.5 Å². The Labute approximate surface area is 144 Å². The van der Waals surface area contributed by atoms with E-state index in [1.165, 1.54) is 11.4 Å². The highest BCUT2D eigenvalue weighted by atomic mass is 32.2. The van der Waals surface area contributed by atoms with Gasteiger partial charge in [0, 0.05) is 18.0 Å². The van der Waals surface area contributed by atoms with Crippen molar-refractivity contribution in [2.75, 3.05) is 11.4 Å². The molecule has 2 aromatic carbocycles. The molecule has 0 aliphatic rings. The highest BCUT2D eigenvalue weighted by molar-refractivity contribution is 7.92. The molecule has 4 nitrogen and oxygen atoms in total.